The Bertz CT molecular complexity index is 1440. The molecule has 1 saturated heterocycles. The van der Waals surface area contributed by atoms with Crippen LogP contribution in [0.2, 0.25) is 0 Å². The van der Waals surface area contributed by atoms with Gasteiger partial charge in [-0.2, -0.15) is 4.31 Å². The lowest BCUT2D eigenvalue weighted by atomic mass is 10.0. The number of hydrogen-bond donors (Lipinski definition) is 1. The minimum Gasteiger partial charge on any atom is -0.497 e. The molecule has 3 aromatic rings. The van der Waals surface area contributed by atoms with E-state index in [0.29, 0.717) is 37.7 Å². The van der Waals surface area contributed by atoms with E-state index in [0.717, 1.165) is 36.0 Å². The summed E-state index contributed by atoms with van der Waals surface area (Å²) in [6.45, 7) is 6.08. The molecule has 2 amide bonds. The maximum atomic E-state index is 14.0. The predicted molar refractivity (Wildman–Crippen MR) is 168 cm³/mol. The molecule has 43 heavy (non-hydrogen) atoms. The van der Waals surface area contributed by atoms with Gasteiger partial charge >= 0.3 is 0 Å². The summed E-state index contributed by atoms with van der Waals surface area (Å²) in [7, 11) is -1.90. The number of ether oxygens (including phenoxy) is 1. The number of rotatable bonds is 14. The smallest absolute Gasteiger partial charge is 0.247 e. The van der Waals surface area contributed by atoms with Crippen LogP contribution < -0.4 is 10.1 Å². The molecule has 0 unspecified atom stereocenters. The van der Waals surface area contributed by atoms with Crippen molar-refractivity contribution in [1.82, 2.24) is 14.5 Å². The van der Waals surface area contributed by atoms with Gasteiger partial charge in [0, 0.05) is 32.6 Å². The molecule has 1 N–H and O–H groups in total. The van der Waals surface area contributed by atoms with Crippen molar-refractivity contribution in [2.75, 3.05) is 26.7 Å². The fraction of sp³-hybridized carbons (Fsp3) is 0.412. The Morgan fingerprint density at radius 3 is 2.14 bits per heavy atom. The number of methoxy groups -OCH3 is 1. The summed E-state index contributed by atoms with van der Waals surface area (Å²) in [5, 5.41) is 3.06. The highest BCUT2D eigenvalue weighted by Crippen LogP contribution is 2.27. The first-order valence-electron chi connectivity index (χ1n) is 15.0. The first-order chi connectivity index (χ1) is 20.7. The summed E-state index contributed by atoms with van der Waals surface area (Å²) in [4.78, 5) is 29.6. The van der Waals surface area contributed by atoms with Crippen molar-refractivity contribution in [2.24, 2.45) is 5.92 Å². The third-order valence-electron chi connectivity index (χ3n) is 7.78. The number of aryl methyl sites for hydroxylation is 1. The Hall–Kier alpha value is -3.69. The fourth-order valence-electron chi connectivity index (χ4n) is 5.24. The summed E-state index contributed by atoms with van der Waals surface area (Å²) >= 11 is 0. The van der Waals surface area contributed by atoms with Gasteiger partial charge in [0.05, 0.1) is 12.0 Å². The standard InChI is InChI=1S/C34H43N3O5S/c1-26(2)21-22-35-34(39)33(29-9-5-4-6-10-29)37(25-28-11-16-30(42-3)17-12-28)32(38)20-15-27-13-18-31(19-14-27)43(40,41)36-23-7-8-24-36/h4-6,9-14,16-19,26,33H,7-8,15,20-25H2,1-3H3,(H,35,39)/t33-/m1/s1. The Labute approximate surface area is 256 Å². The van der Waals surface area contributed by atoms with Crippen molar-refractivity contribution >= 4 is 21.8 Å². The second-order valence-electron chi connectivity index (χ2n) is 11.4. The van der Waals surface area contributed by atoms with Crippen LogP contribution in [0.4, 0.5) is 0 Å². The van der Waals surface area contributed by atoms with Gasteiger partial charge in [0.2, 0.25) is 21.8 Å². The second-order valence-corrected chi connectivity index (χ2v) is 13.3. The van der Waals surface area contributed by atoms with E-state index in [1.807, 2.05) is 54.6 Å². The average Bonchev–Trinajstić information content (AvgIpc) is 3.57. The quantitative estimate of drug-likeness (QED) is 0.268. The van der Waals surface area contributed by atoms with Crippen LogP contribution in [0.5, 0.6) is 5.75 Å². The molecule has 1 heterocycles. The van der Waals surface area contributed by atoms with Gasteiger partial charge in [-0.15, -0.1) is 0 Å². The van der Waals surface area contributed by atoms with E-state index < -0.39 is 16.1 Å². The zero-order valence-electron chi connectivity index (χ0n) is 25.4. The van der Waals surface area contributed by atoms with Gasteiger partial charge in [-0.25, -0.2) is 8.42 Å². The third-order valence-corrected chi connectivity index (χ3v) is 9.70. The Balaban J connectivity index is 1.56. The van der Waals surface area contributed by atoms with Crippen LogP contribution in [0.15, 0.2) is 83.8 Å². The van der Waals surface area contributed by atoms with Crippen LogP contribution in [0.1, 0.15) is 62.3 Å². The molecule has 0 aromatic heterocycles. The van der Waals surface area contributed by atoms with Crippen molar-refractivity contribution in [3.63, 3.8) is 0 Å². The number of nitrogens with one attached hydrogen (secondary N) is 1. The van der Waals surface area contributed by atoms with Crippen LogP contribution in [0.3, 0.4) is 0 Å². The summed E-state index contributed by atoms with van der Waals surface area (Å²) in [5.41, 5.74) is 2.47. The summed E-state index contributed by atoms with van der Waals surface area (Å²) in [6, 6.07) is 22.9. The molecular weight excluding hydrogens is 562 g/mol. The second kappa shape index (κ2) is 15.2. The van der Waals surface area contributed by atoms with Gasteiger partial charge in [0.1, 0.15) is 11.8 Å². The molecule has 9 heteroatoms. The number of sulfonamides is 1. The number of nitrogens with zero attached hydrogens (tertiary/aromatic N) is 2. The number of carbonyl (C=O) groups excluding carboxylic acids is 2. The van der Waals surface area contributed by atoms with Gasteiger partial charge in [-0.3, -0.25) is 9.59 Å². The molecule has 4 rings (SSSR count). The molecule has 230 valence electrons. The van der Waals surface area contributed by atoms with Crippen molar-refractivity contribution in [3.05, 3.63) is 95.6 Å². The molecule has 1 aliphatic rings. The van der Waals surface area contributed by atoms with Crippen LogP contribution in [-0.2, 0) is 32.6 Å². The molecule has 8 nitrogen and oxygen atoms in total. The lowest BCUT2D eigenvalue weighted by Crippen LogP contribution is -2.43. The molecule has 0 bridgehead atoms. The summed E-state index contributed by atoms with van der Waals surface area (Å²) < 4.78 is 32.7. The minimum atomic E-state index is -3.50. The lowest BCUT2D eigenvalue weighted by Gasteiger charge is -2.32. The van der Waals surface area contributed by atoms with Gasteiger partial charge in [-0.05, 0) is 72.6 Å². The molecule has 1 atom stereocenters. The highest BCUT2D eigenvalue weighted by Gasteiger charge is 2.31. The monoisotopic (exact) mass is 605 g/mol. The fourth-order valence-corrected chi connectivity index (χ4v) is 6.76. The Kier molecular flexibility index (Phi) is 11.4. The normalized spacial score (nSPS) is 14.4. The zero-order valence-corrected chi connectivity index (χ0v) is 26.2. The van der Waals surface area contributed by atoms with E-state index in [4.69, 9.17) is 4.74 Å². The SMILES string of the molecule is COc1ccc(CN(C(=O)CCc2ccc(S(=O)(=O)N3CCCC3)cc2)[C@@H](C(=O)NCCC(C)C)c2ccccc2)cc1. The average molecular weight is 606 g/mol. The molecule has 0 radical (unpaired) electrons. The zero-order chi connectivity index (χ0) is 30.8. The highest BCUT2D eigenvalue weighted by molar-refractivity contribution is 7.89. The van der Waals surface area contributed by atoms with E-state index in [9.17, 15) is 18.0 Å². The van der Waals surface area contributed by atoms with Crippen LogP contribution in [0.25, 0.3) is 0 Å². The Morgan fingerprint density at radius 1 is 0.907 bits per heavy atom. The van der Waals surface area contributed by atoms with Crippen molar-refractivity contribution in [3.8, 4) is 5.75 Å². The largest absolute Gasteiger partial charge is 0.497 e. The van der Waals surface area contributed by atoms with Crippen molar-refractivity contribution < 1.29 is 22.7 Å². The van der Waals surface area contributed by atoms with Crippen molar-refractivity contribution in [1.29, 1.82) is 0 Å². The summed E-state index contributed by atoms with van der Waals surface area (Å²) in [6.07, 6.45) is 3.18. The first kappa shape index (κ1) is 32.2. The van der Waals surface area contributed by atoms with Gasteiger partial charge < -0.3 is 15.0 Å². The molecular formula is C34H43N3O5S. The lowest BCUT2D eigenvalue weighted by molar-refractivity contribution is -0.141. The van der Waals surface area contributed by atoms with Crippen LogP contribution in [0, 0.1) is 5.92 Å². The maximum absolute atomic E-state index is 14.0. The number of amides is 2. The van der Waals surface area contributed by atoms with Gasteiger partial charge in [-0.1, -0.05) is 68.4 Å². The maximum Gasteiger partial charge on any atom is 0.247 e. The molecule has 0 spiro atoms. The van der Waals surface area contributed by atoms with Crippen molar-refractivity contribution in [2.45, 2.75) is 63.4 Å². The van der Waals surface area contributed by atoms with E-state index in [1.165, 1.54) is 4.31 Å². The molecule has 0 aliphatic carbocycles. The number of benzene rings is 3. The van der Waals surface area contributed by atoms with E-state index in [2.05, 4.69) is 19.2 Å². The highest BCUT2D eigenvalue weighted by atomic mass is 32.2. The molecule has 0 saturated carbocycles. The molecule has 3 aromatic carbocycles. The van der Waals surface area contributed by atoms with Crippen LogP contribution in [-0.4, -0.2) is 56.2 Å². The molecule has 1 aliphatic heterocycles. The summed E-state index contributed by atoms with van der Waals surface area (Å²) in [5.74, 6) is 0.759. The van der Waals surface area contributed by atoms with Crippen LogP contribution >= 0.6 is 0 Å². The van der Waals surface area contributed by atoms with Gasteiger partial charge in [0.25, 0.3) is 0 Å². The number of carbonyl (C=O) groups is 2. The predicted octanol–water partition coefficient (Wildman–Crippen LogP) is 5.34. The minimum absolute atomic E-state index is 0.164. The third kappa shape index (κ3) is 8.67. The topological polar surface area (TPSA) is 96.0 Å². The van der Waals surface area contributed by atoms with E-state index in [1.54, 1.807) is 36.3 Å². The van der Waals surface area contributed by atoms with E-state index >= 15 is 0 Å². The molecule has 1 fully saturated rings. The Morgan fingerprint density at radius 2 is 1.53 bits per heavy atom. The first-order valence-corrected chi connectivity index (χ1v) is 16.5. The van der Waals surface area contributed by atoms with Gasteiger partial charge in [0.15, 0.2) is 0 Å². The number of hydrogen-bond acceptors (Lipinski definition) is 5. The van der Waals surface area contributed by atoms with E-state index in [-0.39, 0.29) is 29.7 Å².